The maximum absolute atomic E-state index is 2.23. The van der Waals surface area contributed by atoms with Gasteiger partial charge in [-0.1, -0.05) is 42.8 Å². The van der Waals surface area contributed by atoms with Gasteiger partial charge in [-0.15, -0.1) is 23.5 Å². The molecular formula is C18H20S2. The second-order valence-corrected chi connectivity index (χ2v) is 8.02. The molecule has 0 amide bonds. The Hall–Kier alpha value is -0.860. The van der Waals surface area contributed by atoms with Crippen LogP contribution in [0.15, 0.2) is 70.5 Å². The Morgan fingerprint density at radius 3 is 1.55 bits per heavy atom. The van der Waals surface area contributed by atoms with Crippen molar-refractivity contribution in [1.29, 1.82) is 0 Å². The summed E-state index contributed by atoms with van der Waals surface area (Å²) >= 11 is 4.13. The minimum Gasteiger partial charge on any atom is -0.123 e. The van der Waals surface area contributed by atoms with E-state index >= 15 is 0 Å². The maximum Gasteiger partial charge on any atom is 0.0105 e. The summed E-state index contributed by atoms with van der Waals surface area (Å²) in [6, 6.07) is 21.7. The highest BCUT2D eigenvalue weighted by Gasteiger charge is 2.23. The molecule has 1 fully saturated rings. The number of rotatable bonds is 4. The number of hydrogen-bond donors (Lipinski definition) is 0. The van der Waals surface area contributed by atoms with Crippen LogP contribution in [0, 0.1) is 0 Å². The van der Waals surface area contributed by atoms with Crippen LogP contribution < -0.4 is 0 Å². The Morgan fingerprint density at radius 2 is 1.10 bits per heavy atom. The average Bonchev–Trinajstić information content (AvgIpc) is 2.50. The molecule has 1 aliphatic carbocycles. The fourth-order valence-corrected chi connectivity index (χ4v) is 5.45. The molecule has 2 aromatic rings. The van der Waals surface area contributed by atoms with Crippen molar-refractivity contribution >= 4 is 23.5 Å². The highest BCUT2D eigenvalue weighted by Crippen LogP contribution is 2.39. The van der Waals surface area contributed by atoms with Gasteiger partial charge in [-0.25, -0.2) is 0 Å². The van der Waals surface area contributed by atoms with Gasteiger partial charge in [-0.2, -0.15) is 0 Å². The van der Waals surface area contributed by atoms with E-state index in [0.717, 1.165) is 10.5 Å². The molecule has 0 spiro atoms. The molecule has 0 nitrogen and oxygen atoms in total. The SMILES string of the molecule is c1ccc(SC2CCCC(Sc3ccccc3)C2)cc1. The fourth-order valence-electron chi connectivity index (χ4n) is 2.70. The molecular weight excluding hydrogens is 280 g/mol. The molecule has 2 atom stereocenters. The minimum atomic E-state index is 0.785. The molecule has 2 aromatic carbocycles. The van der Waals surface area contributed by atoms with E-state index in [1.54, 1.807) is 0 Å². The van der Waals surface area contributed by atoms with Gasteiger partial charge >= 0.3 is 0 Å². The molecule has 20 heavy (non-hydrogen) atoms. The van der Waals surface area contributed by atoms with E-state index in [4.69, 9.17) is 0 Å². The van der Waals surface area contributed by atoms with E-state index in [0.29, 0.717) is 0 Å². The van der Waals surface area contributed by atoms with Crippen molar-refractivity contribution in [1.82, 2.24) is 0 Å². The van der Waals surface area contributed by atoms with Gasteiger partial charge in [0.2, 0.25) is 0 Å². The Bertz CT molecular complexity index is 462. The maximum atomic E-state index is 2.23. The van der Waals surface area contributed by atoms with E-state index in [9.17, 15) is 0 Å². The third kappa shape index (κ3) is 4.07. The van der Waals surface area contributed by atoms with Crippen molar-refractivity contribution in [3.8, 4) is 0 Å². The van der Waals surface area contributed by atoms with Crippen molar-refractivity contribution in [3.05, 3.63) is 60.7 Å². The van der Waals surface area contributed by atoms with Crippen LogP contribution in [0.5, 0.6) is 0 Å². The Morgan fingerprint density at radius 1 is 0.650 bits per heavy atom. The lowest BCUT2D eigenvalue weighted by Gasteiger charge is -2.28. The molecule has 104 valence electrons. The predicted molar refractivity (Wildman–Crippen MR) is 90.6 cm³/mol. The summed E-state index contributed by atoms with van der Waals surface area (Å²) in [6.07, 6.45) is 5.44. The first kappa shape index (κ1) is 14.1. The molecule has 0 N–H and O–H groups in total. The molecule has 0 bridgehead atoms. The van der Waals surface area contributed by atoms with Crippen molar-refractivity contribution in [2.75, 3.05) is 0 Å². The zero-order chi connectivity index (χ0) is 13.6. The topological polar surface area (TPSA) is 0 Å². The third-order valence-electron chi connectivity index (χ3n) is 3.67. The summed E-state index contributed by atoms with van der Waals surface area (Å²) in [5, 5.41) is 1.57. The van der Waals surface area contributed by atoms with Gasteiger partial charge < -0.3 is 0 Å². The van der Waals surface area contributed by atoms with Gasteiger partial charge in [0, 0.05) is 20.3 Å². The van der Waals surface area contributed by atoms with Crippen molar-refractivity contribution in [2.45, 2.75) is 46.0 Å². The lowest BCUT2D eigenvalue weighted by Crippen LogP contribution is -2.19. The second kappa shape index (κ2) is 7.24. The smallest absolute Gasteiger partial charge is 0.0105 e. The molecule has 3 rings (SSSR count). The first-order chi connectivity index (χ1) is 9.90. The van der Waals surface area contributed by atoms with Crippen LogP contribution in [-0.4, -0.2) is 10.5 Å². The normalized spacial score (nSPS) is 22.6. The summed E-state index contributed by atoms with van der Waals surface area (Å²) in [5.41, 5.74) is 0. The highest BCUT2D eigenvalue weighted by molar-refractivity contribution is 8.00. The molecule has 2 unspecified atom stereocenters. The van der Waals surface area contributed by atoms with Gasteiger partial charge in [0.1, 0.15) is 0 Å². The van der Waals surface area contributed by atoms with Crippen LogP contribution in [0.1, 0.15) is 25.7 Å². The van der Waals surface area contributed by atoms with E-state index < -0.39 is 0 Å². The Kier molecular flexibility index (Phi) is 5.10. The van der Waals surface area contributed by atoms with Crippen LogP contribution in [0.4, 0.5) is 0 Å². The summed E-state index contributed by atoms with van der Waals surface area (Å²) in [7, 11) is 0. The van der Waals surface area contributed by atoms with Crippen LogP contribution in [-0.2, 0) is 0 Å². The van der Waals surface area contributed by atoms with E-state index in [2.05, 4.69) is 84.2 Å². The molecule has 0 radical (unpaired) electrons. The van der Waals surface area contributed by atoms with Gasteiger partial charge in [0.05, 0.1) is 0 Å². The summed E-state index contributed by atoms with van der Waals surface area (Å²) in [5.74, 6) is 0. The van der Waals surface area contributed by atoms with E-state index in [-0.39, 0.29) is 0 Å². The van der Waals surface area contributed by atoms with E-state index in [1.807, 2.05) is 0 Å². The summed E-state index contributed by atoms with van der Waals surface area (Å²) < 4.78 is 0. The van der Waals surface area contributed by atoms with Gasteiger partial charge in [0.25, 0.3) is 0 Å². The van der Waals surface area contributed by atoms with Crippen LogP contribution in [0.25, 0.3) is 0 Å². The number of thioether (sulfide) groups is 2. The predicted octanol–water partition coefficient (Wildman–Crippen LogP) is 5.88. The zero-order valence-electron chi connectivity index (χ0n) is 11.6. The lowest BCUT2D eigenvalue weighted by atomic mass is 10.00. The van der Waals surface area contributed by atoms with Crippen molar-refractivity contribution in [2.24, 2.45) is 0 Å². The quantitative estimate of drug-likeness (QED) is 0.691. The lowest BCUT2D eigenvalue weighted by molar-refractivity contribution is 0.528. The number of hydrogen-bond acceptors (Lipinski definition) is 2. The molecule has 0 heterocycles. The third-order valence-corrected chi connectivity index (χ3v) is 6.28. The molecule has 0 saturated heterocycles. The van der Waals surface area contributed by atoms with Crippen molar-refractivity contribution < 1.29 is 0 Å². The second-order valence-electron chi connectivity index (χ2n) is 5.27. The molecule has 1 saturated carbocycles. The zero-order valence-corrected chi connectivity index (χ0v) is 13.2. The van der Waals surface area contributed by atoms with Crippen molar-refractivity contribution in [3.63, 3.8) is 0 Å². The fraction of sp³-hybridized carbons (Fsp3) is 0.333. The first-order valence-corrected chi connectivity index (χ1v) is 9.09. The van der Waals surface area contributed by atoms with Gasteiger partial charge in [0.15, 0.2) is 0 Å². The van der Waals surface area contributed by atoms with Gasteiger partial charge in [-0.05, 0) is 43.5 Å². The average molecular weight is 300 g/mol. The monoisotopic (exact) mass is 300 g/mol. The molecule has 2 heteroatoms. The standard InChI is InChI=1S/C18H20S2/c1-3-8-15(9-4-1)19-17-12-7-13-18(14-17)20-16-10-5-2-6-11-16/h1-6,8-11,17-18H,7,12-14H2. The highest BCUT2D eigenvalue weighted by atomic mass is 32.2. The van der Waals surface area contributed by atoms with E-state index in [1.165, 1.54) is 35.5 Å². The van der Waals surface area contributed by atoms with Gasteiger partial charge in [-0.3, -0.25) is 0 Å². The van der Waals surface area contributed by atoms with Crippen LogP contribution in [0.3, 0.4) is 0 Å². The summed E-state index contributed by atoms with van der Waals surface area (Å²) in [4.78, 5) is 2.84. The number of benzene rings is 2. The largest absolute Gasteiger partial charge is 0.123 e. The Balaban J connectivity index is 1.57. The molecule has 0 aliphatic heterocycles. The van der Waals surface area contributed by atoms with Crippen LogP contribution in [0.2, 0.25) is 0 Å². The minimum absolute atomic E-state index is 0.785. The Labute approximate surface area is 130 Å². The molecule has 0 aromatic heterocycles. The van der Waals surface area contributed by atoms with Crippen LogP contribution >= 0.6 is 23.5 Å². The first-order valence-electron chi connectivity index (χ1n) is 7.33. The molecule has 1 aliphatic rings. The summed E-state index contributed by atoms with van der Waals surface area (Å²) in [6.45, 7) is 0.